The molecule has 0 fully saturated rings. The molecule has 3 aromatic rings. The maximum Gasteiger partial charge on any atom is 2.00 e. The van der Waals surface area contributed by atoms with Crippen molar-refractivity contribution in [3.63, 3.8) is 0 Å². The van der Waals surface area contributed by atoms with Gasteiger partial charge in [0.1, 0.15) is 0 Å². The summed E-state index contributed by atoms with van der Waals surface area (Å²) in [4.78, 5) is 10.0. The molecule has 0 heterocycles. The summed E-state index contributed by atoms with van der Waals surface area (Å²) in [5.41, 5.74) is 11.1. The van der Waals surface area contributed by atoms with Crippen molar-refractivity contribution in [3.8, 4) is 11.5 Å². The molecule has 3 aromatic carbocycles. The third-order valence-corrected chi connectivity index (χ3v) is 8.78. The van der Waals surface area contributed by atoms with E-state index in [4.69, 9.17) is 9.98 Å². The first-order valence-corrected chi connectivity index (χ1v) is 18.6. The van der Waals surface area contributed by atoms with Crippen LogP contribution in [0, 0.1) is 6.92 Å². The number of unbranched alkanes of at least 4 members (excludes halogenated alkanes) is 5. The summed E-state index contributed by atoms with van der Waals surface area (Å²) in [6, 6.07) is 16.5. The summed E-state index contributed by atoms with van der Waals surface area (Å²) in [7, 11) is 0. The summed E-state index contributed by atoms with van der Waals surface area (Å²) in [6.07, 6.45) is 20.7. The standard InChI is InChI=1S/C34H52N2.C9H12O2.Ni/c1-6-11-16-28-21-23-32(25-30(28)18-13-8-3)35-27-34(20-15-10-5)36-33-24-22-29(17-12-7-2)31(26-33)19-14-9-4;1-3-7-5-9(11)8(10)4-6(7)2;/h21-27H,6-20H2,1-5H3;4-5,10-11H,3H2,1-2H3;/q;;+2/p-2. The van der Waals surface area contributed by atoms with Gasteiger partial charge < -0.3 is 10.2 Å². The molecule has 0 unspecified atom stereocenters. The van der Waals surface area contributed by atoms with Gasteiger partial charge >= 0.3 is 16.5 Å². The number of hydrogen-bond acceptors (Lipinski definition) is 4. The van der Waals surface area contributed by atoms with Crippen LogP contribution in [0.3, 0.4) is 0 Å². The molecule has 5 heteroatoms. The number of aryl methyl sites for hydroxylation is 6. The van der Waals surface area contributed by atoms with Gasteiger partial charge in [-0.25, -0.2) is 0 Å². The normalized spacial score (nSPS) is 11.4. The first-order chi connectivity index (χ1) is 22.8. The maximum absolute atomic E-state index is 10.8. The van der Waals surface area contributed by atoms with Crippen molar-refractivity contribution >= 4 is 23.3 Å². The van der Waals surface area contributed by atoms with Gasteiger partial charge in [0.2, 0.25) is 0 Å². The molecule has 0 aliphatic rings. The van der Waals surface area contributed by atoms with E-state index in [2.05, 4.69) is 71.0 Å². The molecule has 0 N–H and O–H groups in total. The molecule has 0 radical (unpaired) electrons. The second-order valence-corrected chi connectivity index (χ2v) is 12.9. The Morgan fingerprint density at radius 3 is 1.52 bits per heavy atom. The van der Waals surface area contributed by atoms with Crippen LogP contribution >= 0.6 is 0 Å². The van der Waals surface area contributed by atoms with Crippen LogP contribution in [0.2, 0.25) is 0 Å². The van der Waals surface area contributed by atoms with Crippen LogP contribution in [0.1, 0.15) is 146 Å². The number of nitrogens with zero attached hydrogens (tertiary/aromatic N) is 2. The monoisotopic (exact) mass is 696 g/mol. The van der Waals surface area contributed by atoms with Gasteiger partial charge in [-0.3, -0.25) is 9.98 Å². The Hall–Kier alpha value is -2.91. The van der Waals surface area contributed by atoms with Crippen molar-refractivity contribution < 1.29 is 26.7 Å². The zero-order valence-corrected chi connectivity index (χ0v) is 32.0. The fraction of sp³-hybridized carbons (Fsp3) is 0.535. The molecule has 48 heavy (non-hydrogen) atoms. The third kappa shape index (κ3) is 15.5. The van der Waals surface area contributed by atoms with E-state index in [-0.39, 0.29) is 16.5 Å². The number of benzene rings is 3. The number of rotatable bonds is 19. The van der Waals surface area contributed by atoms with Gasteiger partial charge in [-0.1, -0.05) is 97.9 Å². The molecule has 0 bridgehead atoms. The molecule has 4 nitrogen and oxygen atoms in total. The van der Waals surface area contributed by atoms with Crippen LogP contribution in [0.5, 0.6) is 11.5 Å². The van der Waals surface area contributed by atoms with Gasteiger partial charge in [-0.05, 0) is 135 Å². The van der Waals surface area contributed by atoms with Crippen LogP contribution in [-0.4, -0.2) is 11.9 Å². The fourth-order valence-corrected chi connectivity index (χ4v) is 5.70. The van der Waals surface area contributed by atoms with E-state index in [0.29, 0.717) is 0 Å². The van der Waals surface area contributed by atoms with Crippen molar-refractivity contribution in [2.45, 2.75) is 151 Å². The van der Waals surface area contributed by atoms with Gasteiger partial charge in [-0.2, -0.15) is 0 Å². The fourth-order valence-electron chi connectivity index (χ4n) is 5.70. The molecule has 0 aliphatic carbocycles. The molecule has 0 aromatic heterocycles. The third-order valence-electron chi connectivity index (χ3n) is 8.78. The molecule has 3 rings (SSSR count). The van der Waals surface area contributed by atoms with E-state index >= 15 is 0 Å². The van der Waals surface area contributed by atoms with E-state index in [1.54, 1.807) is 0 Å². The Bertz CT molecular complexity index is 1400. The first-order valence-electron chi connectivity index (χ1n) is 18.6. The topological polar surface area (TPSA) is 70.8 Å². The predicted octanol–water partition coefficient (Wildman–Crippen LogP) is 11.4. The molecule has 0 amide bonds. The predicted molar refractivity (Wildman–Crippen MR) is 202 cm³/mol. The SMILES string of the molecule is CCCCC(C=Nc1ccc(CCCC)c(CCCC)c1)=Nc1ccc(CCCC)c(CCCC)c1.CCc1cc([O-])c([O-])cc1C.[Ni+2]. The van der Waals surface area contributed by atoms with Crippen LogP contribution < -0.4 is 10.2 Å². The van der Waals surface area contributed by atoms with Gasteiger partial charge in [0.15, 0.2) is 0 Å². The maximum atomic E-state index is 10.8. The van der Waals surface area contributed by atoms with Crippen molar-refractivity contribution in [3.05, 3.63) is 81.9 Å². The Kier molecular flexibility index (Phi) is 22.6. The first kappa shape index (κ1) is 43.1. The molecule has 266 valence electrons. The summed E-state index contributed by atoms with van der Waals surface area (Å²) in [5, 5.41) is 21.6. The van der Waals surface area contributed by atoms with Gasteiger partial charge in [-0.15, -0.1) is 11.5 Å². The minimum atomic E-state index is -0.403. The largest absolute Gasteiger partial charge is 2.00 e. The van der Waals surface area contributed by atoms with E-state index in [1.165, 1.54) is 98.6 Å². The Morgan fingerprint density at radius 2 is 1.02 bits per heavy atom. The number of aliphatic imine (C=N–C) groups is 2. The van der Waals surface area contributed by atoms with Gasteiger partial charge in [0.05, 0.1) is 17.1 Å². The van der Waals surface area contributed by atoms with Crippen LogP contribution in [0.4, 0.5) is 11.4 Å². The molecule has 0 spiro atoms. The summed E-state index contributed by atoms with van der Waals surface area (Å²) >= 11 is 0. The van der Waals surface area contributed by atoms with Crippen LogP contribution in [0.15, 0.2) is 58.5 Å². The Balaban J connectivity index is 0.000000811. The van der Waals surface area contributed by atoms with E-state index in [9.17, 15) is 10.2 Å². The average Bonchev–Trinajstić information content (AvgIpc) is 3.08. The van der Waals surface area contributed by atoms with Crippen molar-refractivity contribution in [2.75, 3.05) is 0 Å². The molecular weight excluding hydrogens is 635 g/mol. The van der Waals surface area contributed by atoms with Gasteiger partial charge in [0.25, 0.3) is 0 Å². The average molecular weight is 698 g/mol. The molecule has 0 saturated carbocycles. The minimum absolute atomic E-state index is 0. The van der Waals surface area contributed by atoms with Crippen molar-refractivity contribution in [1.29, 1.82) is 0 Å². The van der Waals surface area contributed by atoms with E-state index < -0.39 is 11.5 Å². The summed E-state index contributed by atoms with van der Waals surface area (Å²) in [5.74, 6) is -0.799. The zero-order valence-electron chi connectivity index (χ0n) is 31.0. The molecule has 0 aliphatic heterocycles. The van der Waals surface area contributed by atoms with Crippen molar-refractivity contribution in [1.82, 2.24) is 0 Å². The van der Waals surface area contributed by atoms with Crippen LogP contribution in [-0.2, 0) is 48.6 Å². The molecular formula is C43H62N2NiO2. The second-order valence-electron chi connectivity index (χ2n) is 12.9. The smallest absolute Gasteiger partial charge is 0.873 e. The summed E-state index contributed by atoms with van der Waals surface area (Å²) < 4.78 is 0. The number of hydrogen-bond donors (Lipinski definition) is 0. The second kappa shape index (κ2) is 25.1. The molecule has 0 saturated heterocycles. The van der Waals surface area contributed by atoms with E-state index in [0.717, 1.165) is 66.7 Å². The Morgan fingerprint density at radius 1 is 0.562 bits per heavy atom. The van der Waals surface area contributed by atoms with Crippen LogP contribution in [0.25, 0.3) is 0 Å². The van der Waals surface area contributed by atoms with E-state index in [1.807, 2.05) is 20.1 Å². The van der Waals surface area contributed by atoms with Crippen molar-refractivity contribution in [2.24, 2.45) is 9.98 Å². The summed E-state index contributed by atoms with van der Waals surface area (Å²) in [6.45, 7) is 15.1. The zero-order chi connectivity index (χ0) is 34.4. The molecule has 0 atom stereocenters. The van der Waals surface area contributed by atoms with Gasteiger partial charge in [0, 0.05) is 6.21 Å². The quantitative estimate of drug-likeness (QED) is 0.0924. The minimum Gasteiger partial charge on any atom is -0.873 e. The Labute approximate surface area is 303 Å².